The molecule has 8 nitrogen and oxygen atoms in total. The Balaban J connectivity index is 1.62. The predicted octanol–water partition coefficient (Wildman–Crippen LogP) is 2.68. The Kier molecular flexibility index (Phi) is 6.36. The van der Waals surface area contributed by atoms with Crippen LogP contribution in [-0.2, 0) is 10.9 Å². The van der Waals surface area contributed by atoms with Crippen LogP contribution in [0.15, 0.2) is 40.2 Å². The molecule has 0 bridgehead atoms. The lowest BCUT2D eigenvalue weighted by Crippen LogP contribution is -2.51. The monoisotopic (exact) mass is 467 g/mol. The minimum Gasteiger partial charge on any atom is -0.378 e. The number of carbonyl (C=O) groups is 1. The third-order valence-corrected chi connectivity index (χ3v) is 5.30. The second-order valence-corrected chi connectivity index (χ2v) is 7.53. The Hall–Kier alpha value is -3.41. The van der Waals surface area contributed by atoms with Gasteiger partial charge in [-0.15, -0.1) is 0 Å². The molecule has 2 N–H and O–H groups in total. The van der Waals surface area contributed by atoms with E-state index >= 15 is 0 Å². The summed E-state index contributed by atoms with van der Waals surface area (Å²) in [6, 6.07) is 4.07. The average Bonchev–Trinajstić information content (AvgIpc) is 2.80. The largest absolute Gasteiger partial charge is 0.417 e. The zero-order valence-electron chi connectivity index (χ0n) is 17.4. The summed E-state index contributed by atoms with van der Waals surface area (Å²) in [6.45, 7) is 3.31. The number of aromatic nitrogens is 1. The van der Waals surface area contributed by atoms with Gasteiger partial charge in [0.05, 0.1) is 30.0 Å². The van der Waals surface area contributed by atoms with Crippen molar-refractivity contribution in [3.63, 3.8) is 0 Å². The van der Waals surface area contributed by atoms with Crippen LogP contribution in [0.4, 0.5) is 28.9 Å². The van der Waals surface area contributed by atoms with Gasteiger partial charge in [0.25, 0.3) is 5.91 Å². The summed E-state index contributed by atoms with van der Waals surface area (Å²) >= 11 is 0. The molecule has 1 amide bonds. The van der Waals surface area contributed by atoms with E-state index in [0.717, 1.165) is 6.07 Å². The van der Waals surface area contributed by atoms with Crippen LogP contribution in [0.2, 0.25) is 0 Å². The lowest BCUT2D eigenvalue weighted by molar-refractivity contribution is -0.138. The Bertz CT molecular complexity index is 1130. The molecule has 0 aliphatic carbocycles. The van der Waals surface area contributed by atoms with Crippen molar-refractivity contribution in [1.82, 2.24) is 9.88 Å². The van der Waals surface area contributed by atoms with Crippen LogP contribution >= 0.6 is 0 Å². The van der Waals surface area contributed by atoms with Crippen LogP contribution in [0.5, 0.6) is 0 Å². The minimum absolute atomic E-state index is 0.0997. The van der Waals surface area contributed by atoms with Crippen LogP contribution in [0.25, 0.3) is 0 Å². The number of aromatic amines is 1. The maximum atomic E-state index is 14.8. The molecule has 1 fully saturated rings. The number of pyridine rings is 1. The number of hydrogen-bond acceptors (Lipinski definition) is 6. The van der Waals surface area contributed by atoms with Crippen molar-refractivity contribution in [2.24, 2.45) is 4.99 Å². The fourth-order valence-corrected chi connectivity index (χ4v) is 3.75. The highest BCUT2D eigenvalue weighted by molar-refractivity contribution is 6.06. The lowest BCUT2D eigenvalue weighted by atomic mass is 10.1. The number of alkyl halides is 3. The van der Waals surface area contributed by atoms with E-state index in [4.69, 9.17) is 4.74 Å². The summed E-state index contributed by atoms with van der Waals surface area (Å²) in [5, 5.41) is 2.36. The zero-order valence-corrected chi connectivity index (χ0v) is 17.4. The Morgan fingerprint density at radius 1 is 1.15 bits per heavy atom. The predicted molar refractivity (Wildman–Crippen MR) is 113 cm³/mol. The number of carbonyl (C=O) groups excluding carboxylic acids is 1. The topological polar surface area (TPSA) is 90.0 Å². The summed E-state index contributed by atoms with van der Waals surface area (Å²) in [5.41, 5.74) is -2.84. The number of benzene rings is 1. The number of nitrogens with zero attached hydrogens (tertiary/aromatic N) is 3. The third kappa shape index (κ3) is 5.00. The molecule has 2 aromatic rings. The van der Waals surface area contributed by atoms with Crippen molar-refractivity contribution in [1.29, 1.82) is 0 Å². The summed E-state index contributed by atoms with van der Waals surface area (Å²) in [6.07, 6.45) is -3.50. The van der Waals surface area contributed by atoms with E-state index in [1.54, 1.807) is 4.90 Å². The molecule has 176 valence electrons. The number of H-pyrrole nitrogens is 1. The van der Waals surface area contributed by atoms with Crippen molar-refractivity contribution in [3.8, 4) is 0 Å². The van der Waals surface area contributed by atoms with E-state index in [1.807, 2.05) is 4.90 Å². The molecule has 2 aliphatic heterocycles. The van der Waals surface area contributed by atoms with Crippen molar-refractivity contribution in [2.75, 3.05) is 49.6 Å². The highest BCUT2D eigenvalue weighted by Crippen LogP contribution is 2.32. The summed E-state index contributed by atoms with van der Waals surface area (Å²) < 4.78 is 60.0. The number of halogens is 4. The first-order chi connectivity index (χ1) is 15.7. The van der Waals surface area contributed by atoms with Crippen molar-refractivity contribution >= 4 is 23.2 Å². The van der Waals surface area contributed by atoms with Gasteiger partial charge >= 0.3 is 6.18 Å². The molecular weight excluding hydrogens is 446 g/mol. The number of amides is 1. The molecule has 1 aromatic heterocycles. The molecule has 1 aromatic carbocycles. The molecule has 3 heterocycles. The smallest absolute Gasteiger partial charge is 0.378 e. The number of rotatable bonds is 3. The van der Waals surface area contributed by atoms with Gasteiger partial charge in [0.15, 0.2) is 0 Å². The number of morpholine rings is 1. The van der Waals surface area contributed by atoms with Gasteiger partial charge in [-0.25, -0.2) is 4.39 Å². The van der Waals surface area contributed by atoms with Crippen molar-refractivity contribution < 1.29 is 27.1 Å². The van der Waals surface area contributed by atoms with Gasteiger partial charge in [-0.3, -0.25) is 14.6 Å². The Labute approximate surface area is 185 Å². The average molecular weight is 467 g/mol. The molecular formula is C21H21F4N5O3. The number of ether oxygens (including phenoxy) is 1. The zero-order chi connectivity index (χ0) is 23.6. The minimum atomic E-state index is -4.90. The highest BCUT2D eigenvalue weighted by atomic mass is 19.4. The van der Waals surface area contributed by atoms with E-state index in [-0.39, 0.29) is 11.4 Å². The number of aliphatic imine (C=N–C) groups is 1. The SMILES string of the molecule is O=C(Nc1ccc(F)c(N2CCCN=C2N2CCOCC2)c1)c1c[nH]c(=O)cc1C(F)(F)F. The van der Waals surface area contributed by atoms with E-state index < -0.39 is 34.6 Å². The molecule has 4 rings (SSSR count). The van der Waals surface area contributed by atoms with E-state index in [0.29, 0.717) is 64.0 Å². The van der Waals surface area contributed by atoms with E-state index in [9.17, 15) is 27.2 Å². The number of hydrogen-bond donors (Lipinski definition) is 2. The molecule has 0 saturated carbocycles. The van der Waals surface area contributed by atoms with Gasteiger partial charge < -0.3 is 24.8 Å². The quantitative estimate of drug-likeness (QED) is 0.678. The maximum absolute atomic E-state index is 14.8. The third-order valence-electron chi connectivity index (χ3n) is 5.30. The van der Waals surface area contributed by atoms with Gasteiger partial charge in [-0.05, 0) is 24.6 Å². The van der Waals surface area contributed by atoms with Crippen LogP contribution in [0.1, 0.15) is 22.3 Å². The molecule has 0 radical (unpaired) electrons. The van der Waals surface area contributed by atoms with Crippen LogP contribution in [0, 0.1) is 5.82 Å². The van der Waals surface area contributed by atoms with Gasteiger partial charge in [0.2, 0.25) is 11.5 Å². The van der Waals surface area contributed by atoms with Crippen LogP contribution < -0.4 is 15.8 Å². The highest BCUT2D eigenvalue weighted by Gasteiger charge is 2.36. The van der Waals surface area contributed by atoms with Crippen molar-refractivity contribution in [2.45, 2.75) is 12.6 Å². The van der Waals surface area contributed by atoms with Gasteiger partial charge in [0.1, 0.15) is 5.82 Å². The molecule has 0 spiro atoms. The fraction of sp³-hybridized carbons (Fsp3) is 0.381. The van der Waals surface area contributed by atoms with Gasteiger partial charge in [0, 0.05) is 44.1 Å². The molecule has 0 atom stereocenters. The molecule has 0 unspecified atom stereocenters. The van der Waals surface area contributed by atoms with Crippen molar-refractivity contribution in [3.05, 3.63) is 57.8 Å². The second-order valence-electron chi connectivity index (χ2n) is 7.53. The number of anilines is 2. The van der Waals surface area contributed by atoms with Crippen LogP contribution in [0.3, 0.4) is 0 Å². The normalized spacial score (nSPS) is 17.0. The fourth-order valence-electron chi connectivity index (χ4n) is 3.75. The second kappa shape index (κ2) is 9.22. The number of nitrogens with one attached hydrogen (secondary N) is 2. The summed E-state index contributed by atoms with van der Waals surface area (Å²) in [7, 11) is 0. The molecule has 33 heavy (non-hydrogen) atoms. The standard InChI is InChI=1S/C21H21F4N5O3/c22-16-3-2-13(28-19(32)14-12-27-18(31)11-15(14)21(23,24)25)10-17(16)30-5-1-4-26-20(30)29-6-8-33-9-7-29/h2-3,10-12H,1,4-9H2,(H,27,31)(H,28,32). The number of guanidine groups is 1. The van der Waals surface area contributed by atoms with Gasteiger partial charge in [-0.2, -0.15) is 13.2 Å². The summed E-state index contributed by atoms with van der Waals surface area (Å²) in [4.78, 5) is 34.2. The Morgan fingerprint density at radius 3 is 2.64 bits per heavy atom. The first-order valence-electron chi connectivity index (χ1n) is 10.3. The Morgan fingerprint density at radius 2 is 1.91 bits per heavy atom. The van der Waals surface area contributed by atoms with E-state index in [2.05, 4.69) is 15.3 Å². The first kappa shape index (κ1) is 22.8. The van der Waals surface area contributed by atoms with E-state index in [1.165, 1.54) is 12.1 Å². The first-order valence-corrected chi connectivity index (χ1v) is 10.3. The maximum Gasteiger partial charge on any atom is 0.417 e. The molecule has 12 heteroatoms. The molecule has 1 saturated heterocycles. The molecule has 2 aliphatic rings. The van der Waals surface area contributed by atoms with Crippen LogP contribution in [-0.4, -0.2) is 61.1 Å². The van der Waals surface area contributed by atoms with Gasteiger partial charge in [-0.1, -0.05) is 0 Å². The lowest BCUT2D eigenvalue weighted by Gasteiger charge is -2.38. The summed E-state index contributed by atoms with van der Waals surface area (Å²) in [5.74, 6) is -1.06.